The summed E-state index contributed by atoms with van der Waals surface area (Å²) in [5.74, 6) is -0.521. The first-order valence-corrected chi connectivity index (χ1v) is 9.62. The molecule has 0 bridgehead atoms. The SMILES string of the molecule is COC(=O)CN(CC(=O)Nc1ccc(N2CCCC2)cc1)Cc1ccccc1. The quantitative estimate of drug-likeness (QED) is 0.713. The van der Waals surface area contributed by atoms with Crippen LogP contribution >= 0.6 is 0 Å². The van der Waals surface area contributed by atoms with Crippen LogP contribution in [0.4, 0.5) is 11.4 Å². The first-order chi connectivity index (χ1) is 13.6. The molecule has 0 spiro atoms. The summed E-state index contributed by atoms with van der Waals surface area (Å²) < 4.78 is 4.76. The summed E-state index contributed by atoms with van der Waals surface area (Å²) in [6.07, 6.45) is 2.46. The van der Waals surface area contributed by atoms with Crippen molar-refractivity contribution < 1.29 is 14.3 Å². The lowest BCUT2D eigenvalue weighted by molar-refractivity contribution is -0.142. The number of hydrogen-bond donors (Lipinski definition) is 1. The Morgan fingerprint density at radius 2 is 1.68 bits per heavy atom. The monoisotopic (exact) mass is 381 g/mol. The summed E-state index contributed by atoms with van der Waals surface area (Å²) in [4.78, 5) is 28.3. The first-order valence-electron chi connectivity index (χ1n) is 9.62. The molecule has 0 saturated carbocycles. The molecule has 1 amide bonds. The fraction of sp³-hybridized carbons (Fsp3) is 0.364. The molecule has 1 fully saturated rings. The van der Waals surface area contributed by atoms with Crippen LogP contribution in [0.1, 0.15) is 18.4 Å². The molecule has 0 aliphatic carbocycles. The Hall–Kier alpha value is -2.86. The lowest BCUT2D eigenvalue weighted by Gasteiger charge is -2.21. The van der Waals surface area contributed by atoms with E-state index in [-0.39, 0.29) is 25.0 Å². The summed E-state index contributed by atoms with van der Waals surface area (Å²) >= 11 is 0. The summed E-state index contributed by atoms with van der Waals surface area (Å²) in [5.41, 5.74) is 2.98. The zero-order valence-electron chi connectivity index (χ0n) is 16.3. The highest BCUT2D eigenvalue weighted by atomic mass is 16.5. The Morgan fingerprint density at radius 1 is 1.00 bits per heavy atom. The van der Waals surface area contributed by atoms with E-state index in [9.17, 15) is 9.59 Å². The van der Waals surface area contributed by atoms with Gasteiger partial charge in [-0.25, -0.2) is 0 Å². The molecule has 28 heavy (non-hydrogen) atoms. The van der Waals surface area contributed by atoms with E-state index in [1.54, 1.807) is 4.90 Å². The van der Waals surface area contributed by atoms with Crippen molar-refractivity contribution in [2.75, 3.05) is 43.5 Å². The molecular weight excluding hydrogens is 354 g/mol. The van der Waals surface area contributed by atoms with Gasteiger partial charge in [0, 0.05) is 31.0 Å². The molecule has 1 N–H and O–H groups in total. The summed E-state index contributed by atoms with van der Waals surface area (Å²) in [6, 6.07) is 17.7. The number of carbonyl (C=O) groups excluding carboxylic acids is 2. The molecule has 3 rings (SSSR count). The van der Waals surface area contributed by atoms with Crippen LogP contribution in [0, 0.1) is 0 Å². The number of amides is 1. The van der Waals surface area contributed by atoms with E-state index in [0.29, 0.717) is 6.54 Å². The molecule has 6 nitrogen and oxygen atoms in total. The van der Waals surface area contributed by atoms with Gasteiger partial charge >= 0.3 is 5.97 Å². The molecule has 0 aromatic heterocycles. The van der Waals surface area contributed by atoms with Crippen molar-refractivity contribution in [3.63, 3.8) is 0 Å². The molecule has 148 valence electrons. The van der Waals surface area contributed by atoms with Crippen molar-refractivity contribution >= 4 is 23.3 Å². The minimum absolute atomic E-state index is 0.0622. The number of methoxy groups -OCH3 is 1. The molecule has 2 aromatic rings. The Labute approximate surface area is 166 Å². The predicted molar refractivity (Wildman–Crippen MR) is 110 cm³/mol. The van der Waals surface area contributed by atoms with Crippen molar-refractivity contribution in [3.05, 3.63) is 60.2 Å². The van der Waals surface area contributed by atoms with Gasteiger partial charge in [0.05, 0.1) is 20.2 Å². The van der Waals surface area contributed by atoms with Gasteiger partial charge in [0.2, 0.25) is 5.91 Å². The van der Waals surface area contributed by atoms with Gasteiger partial charge in [-0.2, -0.15) is 0 Å². The fourth-order valence-corrected chi connectivity index (χ4v) is 3.39. The maximum atomic E-state index is 12.5. The number of nitrogens with zero attached hydrogens (tertiary/aromatic N) is 2. The van der Waals surface area contributed by atoms with Gasteiger partial charge in [-0.15, -0.1) is 0 Å². The normalized spacial score (nSPS) is 13.6. The van der Waals surface area contributed by atoms with Crippen LogP contribution in [-0.2, 0) is 20.9 Å². The third-order valence-electron chi connectivity index (χ3n) is 4.82. The van der Waals surface area contributed by atoms with E-state index in [0.717, 1.165) is 24.3 Å². The van der Waals surface area contributed by atoms with E-state index < -0.39 is 0 Å². The first kappa shape index (κ1) is 19.9. The lowest BCUT2D eigenvalue weighted by atomic mass is 10.2. The molecule has 1 aliphatic heterocycles. The summed E-state index contributed by atoms with van der Waals surface area (Å²) in [5, 5.41) is 2.92. The van der Waals surface area contributed by atoms with Gasteiger partial charge in [-0.3, -0.25) is 14.5 Å². The van der Waals surface area contributed by atoms with Gasteiger partial charge in [0.15, 0.2) is 0 Å². The molecule has 0 atom stereocenters. The second-order valence-electron chi connectivity index (χ2n) is 7.00. The number of carbonyl (C=O) groups is 2. The number of nitrogens with one attached hydrogen (secondary N) is 1. The standard InChI is InChI=1S/C22H27N3O3/c1-28-22(27)17-24(15-18-7-3-2-4-8-18)16-21(26)23-19-9-11-20(12-10-19)25-13-5-6-14-25/h2-4,7-12H,5-6,13-17H2,1H3,(H,23,26). The fourth-order valence-electron chi connectivity index (χ4n) is 3.39. The molecule has 2 aromatic carbocycles. The molecule has 0 radical (unpaired) electrons. The zero-order chi connectivity index (χ0) is 19.8. The number of hydrogen-bond acceptors (Lipinski definition) is 5. The highest BCUT2D eigenvalue weighted by molar-refractivity contribution is 5.92. The lowest BCUT2D eigenvalue weighted by Crippen LogP contribution is -2.37. The number of benzene rings is 2. The van der Waals surface area contributed by atoms with E-state index in [1.165, 1.54) is 25.6 Å². The Balaban J connectivity index is 1.58. The van der Waals surface area contributed by atoms with Crippen LogP contribution in [-0.4, -0.2) is 50.1 Å². The smallest absolute Gasteiger partial charge is 0.319 e. The van der Waals surface area contributed by atoms with Gasteiger partial charge in [0.25, 0.3) is 0 Å². The number of rotatable bonds is 8. The van der Waals surface area contributed by atoms with E-state index in [4.69, 9.17) is 4.74 Å². The predicted octanol–water partition coefficient (Wildman–Crippen LogP) is 2.90. The Morgan fingerprint density at radius 3 is 2.32 bits per heavy atom. The van der Waals surface area contributed by atoms with Crippen molar-refractivity contribution in [1.29, 1.82) is 0 Å². The van der Waals surface area contributed by atoms with Crippen LogP contribution in [0.5, 0.6) is 0 Å². The molecule has 1 aliphatic rings. The highest BCUT2D eigenvalue weighted by Crippen LogP contribution is 2.22. The van der Waals surface area contributed by atoms with E-state index >= 15 is 0 Å². The minimum Gasteiger partial charge on any atom is -0.468 e. The zero-order valence-corrected chi connectivity index (χ0v) is 16.3. The average Bonchev–Trinajstić information content (AvgIpc) is 3.24. The number of esters is 1. The third-order valence-corrected chi connectivity index (χ3v) is 4.82. The van der Waals surface area contributed by atoms with Crippen LogP contribution in [0.25, 0.3) is 0 Å². The Bertz CT molecular complexity index is 771. The topological polar surface area (TPSA) is 61.9 Å². The summed E-state index contributed by atoms with van der Waals surface area (Å²) in [6.45, 7) is 2.85. The van der Waals surface area contributed by atoms with Crippen LogP contribution < -0.4 is 10.2 Å². The molecule has 6 heteroatoms. The minimum atomic E-state index is -0.362. The van der Waals surface area contributed by atoms with E-state index in [1.807, 2.05) is 54.6 Å². The van der Waals surface area contributed by atoms with Crippen LogP contribution in [0.2, 0.25) is 0 Å². The molecule has 1 saturated heterocycles. The average molecular weight is 381 g/mol. The van der Waals surface area contributed by atoms with Gasteiger partial charge in [0.1, 0.15) is 0 Å². The van der Waals surface area contributed by atoms with Gasteiger partial charge < -0.3 is 15.0 Å². The van der Waals surface area contributed by atoms with Crippen molar-refractivity contribution in [3.8, 4) is 0 Å². The van der Waals surface area contributed by atoms with Gasteiger partial charge in [-0.1, -0.05) is 30.3 Å². The number of ether oxygens (including phenoxy) is 1. The maximum absolute atomic E-state index is 12.5. The van der Waals surface area contributed by atoms with E-state index in [2.05, 4.69) is 10.2 Å². The van der Waals surface area contributed by atoms with Crippen molar-refractivity contribution in [2.45, 2.75) is 19.4 Å². The molecular formula is C22H27N3O3. The van der Waals surface area contributed by atoms with Crippen molar-refractivity contribution in [2.24, 2.45) is 0 Å². The molecule has 0 unspecified atom stereocenters. The summed E-state index contributed by atoms with van der Waals surface area (Å²) in [7, 11) is 1.35. The van der Waals surface area contributed by atoms with Crippen LogP contribution in [0.15, 0.2) is 54.6 Å². The van der Waals surface area contributed by atoms with Crippen LogP contribution in [0.3, 0.4) is 0 Å². The third kappa shape index (κ3) is 5.82. The second-order valence-corrected chi connectivity index (χ2v) is 7.00. The molecule has 1 heterocycles. The highest BCUT2D eigenvalue weighted by Gasteiger charge is 2.16. The maximum Gasteiger partial charge on any atom is 0.319 e. The van der Waals surface area contributed by atoms with Gasteiger partial charge in [-0.05, 0) is 42.7 Å². The number of anilines is 2. The largest absolute Gasteiger partial charge is 0.468 e. The Kier molecular flexibility index (Phi) is 7.03. The van der Waals surface area contributed by atoms with Crippen molar-refractivity contribution in [1.82, 2.24) is 4.90 Å². The second kappa shape index (κ2) is 9.90.